The van der Waals surface area contributed by atoms with Gasteiger partial charge in [0, 0.05) is 5.56 Å². The first-order chi connectivity index (χ1) is 14.3. The zero-order valence-corrected chi connectivity index (χ0v) is 15.8. The number of hydrogen-bond donors (Lipinski definition) is 1. The smallest absolute Gasteiger partial charge is 0.282 e. The molecule has 150 valence electrons. The third kappa shape index (κ3) is 3.56. The third-order valence-electron chi connectivity index (χ3n) is 4.35. The second-order valence-corrected chi connectivity index (χ2v) is 6.72. The fraction of sp³-hybridized carbons (Fsp3) is 0. The molecule has 0 radical (unpaired) electrons. The lowest BCUT2D eigenvalue weighted by atomic mass is 10.1. The molecular weight excluding hydrogens is 415 g/mol. The van der Waals surface area contributed by atoms with Crippen molar-refractivity contribution in [2.45, 2.75) is 0 Å². The number of benzene rings is 2. The Morgan fingerprint density at radius 2 is 1.93 bits per heavy atom. The molecule has 1 saturated heterocycles. The standard InChI is InChI=1S/C21H12ClFN2O5/c22-16-9-13(4-6-17(16)23)25-20(27)15(19(26)24-25)10-14-5-7-18(30-14)11-2-1-3-12(8-11)21(28)29/h1-10H,(H,24,26)(H,28,29)/p-1/b15-10+. The van der Waals surface area contributed by atoms with Gasteiger partial charge in [-0.3, -0.25) is 15.0 Å². The molecule has 1 fully saturated rings. The van der Waals surface area contributed by atoms with Crippen LogP contribution in [0.3, 0.4) is 0 Å². The van der Waals surface area contributed by atoms with Crippen molar-refractivity contribution in [3.63, 3.8) is 0 Å². The van der Waals surface area contributed by atoms with Crippen molar-refractivity contribution < 1.29 is 28.3 Å². The van der Waals surface area contributed by atoms with Gasteiger partial charge in [0.15, 0.2) is 0 Å². The van der Waals surface area contributed by atoms with E-state index < -0.39 is 23.6 Å². The number of nitrogens with one attached hydrogen (secondary N) is 1. The van der Waals surface area contributed by atoms with E-state index in [0.717, 1.165) is 11.1 Å². The summed E-state index contributed by atoms with van der Waals surface area (Å²) in [6, 6.07) is 12.7. The molecule has 30 heavy (non-hydrogen) atoms. The average molecular weight is 426 g/mol. The molecule has 7 nitrogen and oxygen atoms in total. The molecule has 4 rings (SSSR count). The molecule has 0 aliphatic carbocycles. The number of carbonyl (C=O) groups excluding carboxylic acids is 3. The molecule has 2 heterocycles. The van der Waals surface area contributed by atoms with Crippen LogP contribution >= 0.6 is 11.6 Å². The van der Waals surface area contributed by atoms with Crippen LogP contribution in [0.25, 0.3) is 17.4 Å². The quantitative estimate of drug-likeness (QED) is 0.511. The molecule has 0 saturated carbocycles. The summed E-state index contributed by atoms with van der Waals surface area (Å²) in [5.41, 5.74) is 2.86. The second kappa shape index (κ2) is 7.49. The van der Waals surface area contributed by atoms with Crippen LogP contribution in [0.5, 0.6) is 0 Å². The van der Waals surface area contributed by atoms with Gasteiger partial charge in [-0.15, -0.1) is 0 Å². The van der Waals surface area contributed by atoms with Gasteiger partial charge in [-0.05, 0) is 48.0 Å². The van der Waals surface area contributed by atoms with Crippen molar-refractivity contribution in [3.8, 4) is 11.3 Å². The number of rotatable bonds is 4. The van der Waals surface area contributed by atoms with Gasteiger partial charge in [-0.2, -0.15) is 0 Å². The van der Waals surface area contributed by atoms with Gasteiger partial charge in [0.2, 0.25) is 0 Å². The Morgan fingerprint density at radius 3 is 2.67 bits per heavy atom. The van der Waals surface area contributed by atoms with Gasteiger partial charge in [-0.1, -0.05) is 29.8 Å². The number of aromatic carboxylic acids is 1. The number of carboxylic acids is 1. The van der Waals surface area contributed by atoms with E-state index in [0.29, 0.717) is 11.3 Å². The molecule has 1 N–H and O–H groups in total. The van der Waals surface area contributed by atoms with Crippen molar-refractivity contribution in [2.24, 2.45) is 0 Å². The monoisotopic (exact) mass is 425 g/mol. The lowest BCUT2D eigenvalue weighted by molar-refractivity contribution is -0.255. The molecule has 0 atom stereocenters. The van der Waals surface area contributed by atoms with Crippen molar-refractivity contribution >= 4 is 41.1 Å². The largest absolute Gasteiger partial charge is 0.545 e. The first-order valence-electron chi connectivity index (χ1n) is 8.57. The summed E-state index contributed by atoms with van der Waals surface area (Å²) in [6.07, 6.45) is 1.26. The summed E-state index contributed by atoms with van der Waals surface area (Å²) in [4.78, 5) is 35.9. The van der Waals surface area contributed by atoms with E-state index in [2.05, 4.69) is 5.43 Å². The van der Waals surface area contributed by atoms with Gasteiger partial charge >= 0.3 is 0 Å². The number of halogens is 2. The molecule has 0 bridgehead atoms. The molecule has 2 aromatic carbocycles. The Kier molecular flexibility index (Phi) is 4.85. The van der Waals surface area contributed by atoms with Crippen LogP contribution in [0.15, 0.2) is 64.6 Å². The Morgan fingerprint density at radius 1 is 1.13 bits per heavy atom. The predicted octanol–water partition coefficient (Wildman–Crippen LogP) is 2.56. The van der Waals surface area contributed by atoms with E-state index in [1.165, 1.54) is 36.4 Å². The Bertz CT molecular complexity index is 1230. The summed E-state index contributed by atoms with van der Waals surface area (Å²) in [7, 11) is 0. The normalized spacial score (nSPS) is 15.0. The van der Waals surface area contributed by atoms with Crippen molar-refractivity contribution in [1.29, 1.82) is 0 Å². The van der Waals surface area contributed by atoms with E-state index in [9.17, 15) is 23.9 Å². The van der Waals surface area contributed by atoms with E-state index in [1.807, 2.05) is 0 Å². The van der Waals surface area contributed by atoms with Crippen molar-refractivity contribution in [1.82, 2.24) is 5.43 Å². The number of carbonyl (C=O) groups is 3. The predicted molar refractivity (Wildman–Crippen MR) is 103 cm³/mol. The van der Waals surface area contributed by atoms with E-state index in [1.54, 1.807) is 18.2 Å². The van der Waals surface area contributed by atoms with Crippen LogP contribution in [0.1, 0.15) is 16.1 Å². The van der Waals surface area contributed by atoms with Gasteiger partial charge in [0.25, 0.3) is 11.8 Å². The highest BCUT2D eigenvalue weighted by Gasteiger charge is 2.35. The molecule has 2 amide bonds. The zero-order valence-electron chi connectivity index (χ0n) is 15.0. The Balaban J connectivity index is 1.62. The van der Waals surface area contributed by atoms with E-state index >= 15 is 0 Å². The minimum absolute atomic E-state index is 0.0113. The molecule has 0 unspecified atom stereocenters. The average Bonchev–Trinajstić information content (AvgIpc) is 3.30. The topological polar surface area (TPSA) is 103 Å². The van der Waals surface area contributed by atoms with Crippen LogP contribution in [-0.2, 0) is 9.59 Å². The van der Waals surface area contributed by atoms with Gasteiger partial charge in [-0.25, -0.2) is 9.40 Å². The number of hydrazine groups is 1. The van der Waals surface area contributed by atoms with Gasteiger partial charge in [0.1, 0.15) is 22.9 Å². The fourth-order valence-corrected chi connectivity index (χ4v) is 3.07. The summed E-state index contributed by atoms with van der Waals surface area (Å²) >= 11 is 5.74. The highest BCUT2D eigenvalue weighted by Crippen LogP contribution is 2.28. The maximum Gasteiger partial charge on any atom is 0.282 e. The summed E-state index contributed by atoms with van der Waals surface area (Å²) in [6.45, 7) is 0. The molecule has 1 aliphatic rings. The van der Waals surface area contributed by atoms with Crippen LogP contribution in [0.4, 0.5) is 10.1 Å². The third-order valence-corrected chi connectivity index (χ3v) is 4.64. The van der Waals surface area contributed by atoms with Crippen molar-refractivity contribution in [3.05, 3.63) is 82.3 Å². The summed E-state index contributed by atoms with van der Waals surface area (Å²) in [5.74, 6) is -2.75. The maximum absolute atomic E-state index is 13.4. The highest BCUT2D eigenvalue weighted by atomic mass is 35.5. The minimum atomic E-state index is -1.32. The van der Waals surface area contributed by atoms with Crippen LogP contribution in [0, 0.1) is 5.82 Å². The number of hydrogen-bond acceptors (Lipinski definition) is 5. The zero-order chi connectivity index (χ0) is 21.4. The number of anilines is 1. The molecule has 1 aliphatic heterocycles. The van der Waals surface area contributed by atoms with E-state index in [4.69, 9.17) is 16.0 Å². The summed E-state index contributed by atoms with van der Waals surface area (Å²) < 4.78 is 19.0. The molecule has 3 aromatic rings. The van der Waals surface area contributed by atoms with E-state index in [-0.39, 0.29) is 27.6 Å². The molecule has 0 spiro atoms. The first-order valence-corrected chi connectivity index (χ1v) is 8.95. The molecule has 1 aromatic heterocycles. The lowest BCUT2D eigenvalue weighted by Gasteiger charge is -2.14. The van der Waals surface area contributed by atoms with Gasteiger partial charge in [0.05, 0.1) is 16.7 Å². The maximum atomic E-state index is 13.4. The van der Waals surface area contributed by atoms with Crippen molar-refractivity contribution in [2.75, 3.05) is 5.01 Å². The number of amides is 2. The molecule has 9 heteroatoms. The first kappa shape index (κ1) is 19.4. The number of nitrogens with zero attached hydrogens (tertiary/aromatic N) is 1. The van der Waals surface area contributed by atoms with Crippen LogP contribution in [-0.4, -0.2) is 17.8 Å². The number of carboxylic acid groups (broad SMARTS) is 1. The SMILES string of the molecule is O=C1NN(c2ccc(F)c(Cl)c2)C(=O)/C1=C/c1ccc(-c2cccc(C(=O)[O-])c2)o1. The van der Waals surface area contributed by atoms with Crippen LogP contribution < -0.4 is 15.5 Å². The second-order valence-electron chi connectivity index (χ2n) is 6.31. The highest BCUT2D eigenvalue weighted by molar-refractivity contribution is 6.33. The minimum Gasteiger partial charge on any atom is -0.545 e. The van der Waals surface area contributed by atoms with Crippen LogP contribution in [0.2, 0.25) is 5.02 Å². The van der Waals surface area contributed by atoms with Gasteiger partial charge < -0.3 is 14.3 Å². The Hall–Kier alpha value is -3.91. The fourth-order valence-electron chi connectivity index (χ4n) is 2.89. The Labute approximate surface area is 173 Å². The molecular formula is C21H11ClFN2O5-. The summed E-state index contributed by atoms with van der Waals surface area (Å²) in [5, 5.41) is 11.8. The lowest BCUT2D eigenvalue weighted by Crippen LogP contribution is -2.35. The number of furan rings is 1.